The van der Waals surface area contributed by atoms with Gasteiger partial charge in [-0.25, -0.2) is 0 Å². The number of hydrogen-bond acceptors (Lipinski definition) is 3. The molecule has 0 aliphatic heterocycles. The second kappa shape index (κ2) is 14.8. The molecule has 0 bridgehead atoms. The lowest BCUT2D eigenvalue weighted by Gasteiger charge is -2.10. The third-order valence-electron chi connectivity index (χ3n) is 4.97. The summed E-state index contributed by atoms with van der Waals surface area (Å²) in [6.07, 6.45) is 11.1. The maximum atomic E-state index is 12.7. The Balaban J connectivity index is 2.11. The molecule has 0 spiro atoms. The topological polar surface area (TPSA) is 29.1 Å². The quantitative estimate of drug-likeness (QED) is 0.245. The molecule has 1 N–H and O–H groups in total. The molecule has 2 rings (SSSR count). The molecule has 6 heteroatoms. The fourth-order valence-corrected chi connectivity index (χ4v) is 5.39. The van der Waals surface area contributed by atoms with Crippen LogP contribution >= 0.6 is 46.7 Å². The zero-order chi connectivity index (χ0) is 24.2. The van der Waals surface area contributed by atoms with E-state index >= 15 is 0 Å². The number of halogens is 2. The number of hydrogen-bond donors (Lipinski definition) is 1. The van der Waals surface area contributed by atoms with Crippen LogP contribution < -0.4 is 5.32 Å². The molecule has 1 amide bonds. The number of amides is 1. The van der Waals surface area contributed by atoms with Crippen molar-refractivity contribution in [3.8, 4) is 0 Å². The zero-order valence-corrected chi connectivity index (χ0v) is 22.9. The third-order valence-corrected chi connectivity index (χ3v) is 7.50. The van der Waals surface area contributed by atoms with Crippen LogP contribution in [0.4, 0.5) is 0 Å². The Kier molecular flexibility index (Phi) is 12.5. The predicted octanol–water partition coefficient (Wildman–Crippen LogP) is 9.05. The van der Waals surface area contributed by atoms with Gasteiger partial charge in [-0.05, 0) is 72.3 Å². The summed E-state index contributed by atoms with van der Waals surface area (Å²) in [6.45, 7) is 8.49. The molecule has 0 unspecified atom stereocenters. The van der Waals surface area contributed by atoms with E-state index in [1.54, 1.807) is 12.2 Å². The van der Waals surface area contributed by atoms with Gasteiger partial charge in [0.1, 0.15) is 0 Å². The molecule has 0 saturated heterocycles. The summed E-state index contributed by atoms with van der Waals surface area (Å²) in [5.41, 5.74) is 5.07. The monoisotopic (exact) mass is 521 g/mol. The average Bonchev–Trinajstić information content (AvgIpc) is 2.98. The van der Waals surface area contributed by atoms with Gasteiger partial charge in [0.25, 0.3) is 0 Å². The summed E-state index contributed by atoms with van der Waals surface area (Å²) in [7, 11) is 0. The first kappa shape index (κ1) is 27.9. The van der Waals surface area contributed by atoms with Crippen LogP contribution in [0, 0.1) is 0 Å². The Bertz CT molecular complexity index is 953. The van der Waals surface area contributed by atoms with Gasteiger partial charge < -0.3 is 5.32 Å². The van der Waals surface area contributed by atoms with Crippen LogP contribution in [-0.4, -0.2) is 16.9 Å². The molecule has 1 aromatic carbocycles. The number of allylic oxidation sites excluding steroid dienone is 7. The lowest BCUT2D eigenvalue weighted by atomic mass is 10.1. The molecule has 1 aliphatic rings. The molecule has 0 aromatic heterocycles. The number of benzene rings is 1. The first-order valence-electron chi connectivity index (χ1n) is 11.3. The van der Waals surface area contributed by atoms with Crippen molar-refractivity contribution in [3.05, 3.63) is 80.9 Å². The van der Waals surface area contributed by atoms with E-state index < -0.39 is 0 Å². The number of rotatable bonds is 10. The Morgan fingerprint density at radius 3 is 2.55 bits per heavy atom. The van der Waals surface area contributed by atoms with Crippen molar-refractivity contribution in [3.63, 3.8) is 0 Å². The predicted molar refractivity (Wildman–Crippen MR) is 150 cm³/mol. The van der Waals surface area contributed by atoms with E-state index in [9.17, 15) is 4.79 Å². The van der Waals surface area contributed by atoms with Gasteiger partial charge in [0.2, 0.25) is 5.91 Å². The van der Waals surface area contributed by atoms with Gasteiger partial charge in [-0.1, -0.05) is 73.8 Å². The first-order chi connectivity index (χ1) is 15.8. The van der Waals surface area contributed by atoms with Crippen molar-refractivity contribution in [2.75, 3.05) is 5.75 Å². The van der Waals surface area contributed by atoms with Crippen LogP contribution in [0.5, 0.6) is 0 Å². The van der Waals surface area contributed by atoms with E-state index in [1.807, 2.05) is 30.4 Å². The highest BCUT2D eigenvalue weighted by Gasteiger charge is 2.11. The van der Waals surface area contributed by atoms with Gasteiger partial charge >= 0.3 is 0 Å². The van der Waals surface area contributed by atoms with Crippen molar-refractivity contribution in [2.24, 2.45) is 0 Å². The molecule has 33 heavy (non-hydrogen) atoms. The molecule has 2 nitrogen and oxygen atoms in total. The molecule has 0 radical (unpaired) electrons. The summed E-state index contributed by atoms with van der Waals surface area (Å²) in [5.74, 6) is 1.00. The van der Waals surface area contributed by atoms with Crippen molar-refractivity contribution in [1.82, 2.24) is 5.32 Å². The van der Waals surface area contributed by atoms with E-state index in [1.165, 1.54) is 15.3 Å². The van der Waals surface area contributed by atoms with Gasteiger partial charge in [0, 0.05) is 32.8 Å². The maximum absolute atomic E-state index is 12.7. The van der Waals surface area contributed by atoms with Gasteiger partial charge in [-0.2, -0.15) is 0 Å². The van der Waals surface area contributed by atoms with Gasteiger partial charge in [0.15, 0.2) is 0 Å². The van der Waals surface area contributed by atoms with E-state index in [4.69, 9.17) is 23.2 Å². The summed E-state index contributed by atoms with van der Waals surface area (Å²) in [4.78, 5) is 15.3. The Labute approximate surface area is 217 Å². The second-order valence-electron chi connectivity index (χ2n) is 8.03. The van der Waals surface area contributed by atoms with E-state index in [0.717, 1.165) is 41.7 Å². The molecular weight excluding hydrogens is 489 g/mol. The van der Waals surface area contributed by atoms with Gasteiger partial charge in [-0.15, -0.1) is 23.5 Å². The number of carbonyl (C=O) groups excluding carboxylic acids is 1. The van der Waals surface area contributed by atoms with Crippen LogP contribution in [0.3, 0.4) is 0 Å². The first-order valence-corrected chi connectivity index (χ1v) is 13.9. The highest BCUT2D eigenvalue weighted by Crippen LogP contribution is 2.29. The van der Waals surface area contributed by atoms with Crippen LogP contribution in [0.15, 0.2) is 80.2 Å². The second-order valence-corrected chi connectivity index (χ2v) is 11.7. The summed E-state index contributed by atoms with van der Waals surface area (Å²) >= 11 is 16.1. The average molecular weight is 523 g/mol. The molecule has 1 aromatic rings. The van der Waals surface area contributed by atoms with Crippen LogP contribution in [0.25, 0.3) is 5.57 Å². The smallest absolute Gasteiger partial charge is 0.228 e. The Morgan fingerprint density at radius 2 is 1.91 bits per heavy atom. The van der Waals surface area contributed by atoms with Crippen molar-refractivity contribution < 1.29 is 4.79 Å². The molecule has 178 valence electrons. The summed E-state index contributed by atoms with van der Waals surface area (Å²) < 4.78 is 0. The maximum Gasteiger partial charge on any atom is 0.228 e. The molecule has 0 fully saturated rings. The van der Waals surface area contributed by atoms with Crippen molar-refractivity contribution in [2.45, 2.75) is 63.5 Å². The molecule has 0 saturated carbocycles. The zero-order valence-electron chi connectivity index (χ0n) is 19.8. The van der Waals surface area contributed by atoms with E-state index in [0.29, 0.717) is 22.4 Å². The van der Waals surface area contributed by atoms with Gasteiger partial charge in [-0.3, -0.25) is 4.79 Å². The van der Waals surface area contributed by atoms with E-state index in [2.05, 4.69) is 62.5 Å². The normalized spacial score (nSPS) is 15.8. The molecule has 0 atom stereocenters. The minimum absolute atomic E-state index is 0.0700. The van der Waals surface area contributed by atoms with Crippen molar-refractivity contribution >= 4 is 58.2 Å². The third kappa shape index (κ3) is 10.2. The van der Waals surface area contributed by atoms with Crippen LogP contribution in [-0.2, 0) is 4.79 Å². The SMILES string of the molecule is CCSC1=CC=C(CC(=O)NC(/C=C/Cl)=C/C(Cl)=C(\C)c2ccc(SC(C)C)cc2)CCC1. The Hall–Kier alpha value is -1.33. The number of nitrogens with one attached hydrogen (secondary N) is 1. The highest BCUT2D eigenvalue weighted by atomic mass is 35.5. The Morgan fingerprint density at radius 1 is 1.18 bits per heavy atom. The lowest BCUT2D eigenvalue weighted by molar-refractivity contribution is -0.119. The fourth-order valence-electron chi connectivity index (χ4n) is 3.36. The van der Waals surface area contributed by atoms with E-state index in [-0.39, 0.29) is 5.91 Å². The highest BCUT2D eigenvalue weighted by molar-refractivity contribution is 8.03. The molecule has 1 aliphatic carbocycles. The number of thioether (sulfide) groups is 2. The van der Waals surface area contributed by atoms with Crippen molar-refractivity contribution in [1.29, 1.82) is 0 Å². The fraction of sp³-hybridized carbons (Fsp3) is 0.370. The van der Waals surface area contributed by atoms with Gasteiger partial charge in [0.05, 0.1) is 0 Å². The lowest BCUT2D eigenvalue weighted by Crippen LogP contribution is -2.22. The largest absolute Gasteiger partial charge is 0.326 e. The summed E-state index contributed by atoms with van der Waals surface area (Å²) in [5, 5.41) is 4.05. The minimum atomic E-state index is -0.0700. The van der Waals surface area contributed by atoms with Crippen LogP contribution in [0.2, 0.25) is 0 Å². The standard InChI is InChI=1S/C27H33Cl2NOS2/c1-5-32-24-8-6-7-21(9-12-24)17-27(31)30-23(15-16-28)18-26(29)20(4)22-10-13-25(14-11-22)33-19(2)3/h9-16,18-19H,5-8,17H2,1-4H3,(H,30,31)/b16-15+,23-18+,26-20-. The van der Waals surface area contributed by atoms with Crippen LogP contribution in [0.1, 0.15) is 58.9 Å². The molecule has 0 heterocycles. The molecular formula is C27H33Cl2NOS2. The summed E-state index contributed by atoms with van der Waals surface area (Å²) in [6, 6.07) is 8.36. The minimum Gasteiger partial charge on any atom is -0.326 e. The number of carbonyl (C=O) groups is 1.